The summed E-state index contributed by atoms with van der Waals surface area (Å²) in [6, 6.07) is -2.00. The molecule has 1 aromatic rings. The number of halogens is 3. The Bertz CT molecular complexity index is 389. The average molecular weight is 236 g/mol. The third kappa shape index (κ3) is 1.84. The summed E-state index contributed by atoms with van der Waals surface area (Å²) in [6.45, 7) is 1.18. The monoisotopic (exact) mass is 236 g/mol. The molecule has 16 heavy (non-hydrogen) atoms. The molecule has 0 aliphatic carbocycles. The van der Waals surface area contributed by atoms with Crippen LogP contribution in [0.5, 0.6) is 0 Å². The Morgan fingerprint density at radius 2 is 2.25 bits per heavy atom. The lowest BCUT2D eigenvalue weighted by atomic mass is 10.1. The summed E-state index contributed by atoms with van der Waals surface area (Å²) < 4.78 is 39.0. The van der Waals surface area contributed by atoms with Gasteiger partial charge >= 0.3 is 6.18 Å². The van der Waals surface area contributed by atoms with E-state index in [0.717, 1.165) is 4.68 Å². The Balaban J connectivity index is 2.40. The van der Waals surface area contributed by atoms with Crippen molar-refractivity contribution < 1.29 is 18.3 Å². The van der Waals surface area contributed by atoms with E-state index in [1.807, 2.05) is 0 Å². The maximum absolute atomic E-state index is 12.7. The van der Waals surface area contributed by atoms with E-state index in [1.165, 1.54) is 0 Å². The topological polar surface area (TPSA) is 63.0 Å². The molecule has 2 rings (SSSR count). The zero-order chi connectivity index (χ0) is 11.9. The lowest BCUT2D eigenvalue weighted by Gasteiger charge is -2.30. The van der Waals surface area contributed by atoms with Gasteiger partial charge in [-0.2, -0.15) is 23.3 Å². The van der Waals surface area contributed by atoms with Gasteiger partial charge in [-0.25, -0.2) is 4.68 Å². The summed E-state index contributed by atoms with van der Waals surface area (Å²) in [5.74, 6) is 0.0518. The molecule has 0 saturated heterocycles. The van der Waals surface area contributed by atoms with Crippen LogP contribution < -0.4 is 5.32 Å². The zero-order valence-electron chi connectivity index (χ0n) is 8.49. The van der Waals surface area contributed by atoms with Gasteiger partial charge in [0, 0.05) is 6.04 Å². The molecular weight excluding hydrogens is 225 g/mol. The van der Waals surface area contributed by atoms with Crippen LogP contribution in [0.1, 0.15) is 25.2 Å². The van der Waals surface area contributed by atoms with Crippen molar-refractivity contribution in [1.82, 2.24) is 14.8 Å². The quantitative estimate of drug-likeness (QED) is 0.765. The molecule has 0 fully saturated rings. The van der Waals surface area contributed by atoms with Gasteiger partial charge in [0.25, 0.3) is 0 Å². The van der Waals surface area contributed by atoms with Crippen molar-refractivity contribution in [2.24, 2.45) is 0 Å². The van der Waals surface area contributed by atoms with E-state index in [0.29, 0.717) is 0 Å². The summed E-state index contributed by atoms with van der Waals surface area (Å²) in [7, 11) is 0. The van der Waals surface area contributed by atoms with E-state index in [4.69, 9.17) is 5.11 Å². The fourth-order valence-electron chi connectivity index (χ4n) is 1.74. The van der Waals surface area contributed by atoms with Gasteiger partial charge in [-0.1, -0.05) is 0 Å². The second-order valence-electron chi connectivity index (χ2n) is 3.79. The van der Waals surface area contributed by atoms with E-state index >= 15 is 0 Å². The van der Waals surface area contributed by atoms with Crippen molar-refractivity contribution >= 4 is 5.95 Å². The minimum absolute atomic E-state index is 0.00847. The van der Waals surface area contributed by atoms with Gasteiger partial charge in [-0.15, -0.1) is 0 Å². The van der Waals surface area contributed by atoms with Crippen molar-refractivity contribution in [1.29, 1.82) is 0 Å². The van der Waals surface area contributed by atoms with Gasteiger partial charge in [0.15, 0.2) is 11.9 Å². The highest BCUT2D eigenvalue weighted by Crippen LogP contribution is 2.38. The molecule has 0 saturated carbocycles. The van der Waals surface area contributed by atoms with Crippen molar-refractivity contribution in [3.05, 3.63) is 5.82 Å². The summed E-state index contributed by atoms with van der Waals surface area (Å²) in [4.78, 5) is 3.77. The number of nitrogens with zero attached hydrogens (tertiary/aromatic N) is 3. The molecule has 5 nitrogen and oxygen atoms in total. The highest BCUT2D eigenvalue weighted by atomic mass is 19.4. The number of hydrogen-bond donors (Lipinski definition) is 2. The number of fused-ring (bicyclic) bond motifs is 1. The minimum atomic E-state index is -4.36. The predicted octanol–water partition coefficient (Wildman–Crippen LogP) is 1.08. The number of aliphatic hydroxyl groups excluding tert-OH is 1. The third-order valence-electron chi connectivity index (χ3n) is 2.44. The first kappa shape index (κ1) is 11.2. The van der Waals surface area contributed by atoms with Gasteiger partial charge in [-0.05, 0) is 13.3 Å². The van der Waals surface area contributed by atoms with E-state index in [2.05, 4.69) is 15.4 Å². The number of hydrogen-bond acceptors (Lipinski definition) is 4. The molecule has 1 aliphatic heterocycles. The molecule has 0 spiro atoms. The third-order valence-corrected chi connectivity index (χ3v) is 2.44. The van der Waals surface area contributed by atoms with Crippen molar-refractivity contribution in [3.8, 4) is 0 Å². The molecule has 2 unspecified atom stereocenters. The van der Waals surface area contributed by atoms with Crippen molar-refractivity contribution in [2.75, 3.05) is 5.32 Å². The normalized spacial score (nSPS) is 25.1. The lowest BCUT2D eigenvalue weighted by molar-refractivity contribution is -0.173. The summed E-state index contributed by atoms with van der Waals surface area (Å²) >= 11 is 0. The minimum Gasteiger partial charge on any atom is -0.388 e. The molecule has 1 aromatic heterocycles. The highest BCUT2D eigenvalue weighted by Gasteiger charge is 2.46. The Morgan fingerprint density at radius 3 is 2.81 bits per heavy atom. The number of alkyl halides is 3. The maximum atomic E-state index is 12.7. The number of aromatic nitrogens is 3. The van der Waals surface area contributed by atoms with Crippen LogP contribution in [0.2, 0.25) is 0 Å². The second kappa shape index (κ2) is 3.62. The SMILES string of the molecule is CC1CC(C(F)(F)F)n2nc(CO)nc2N1. The molecule has 2 N–H and O–H groups in total. The molecular formula is C8H11F3N4O. The Labute approximate surface area is 89.3 Å². The first-order chi connectivity index (χ1) is 7.41. The van der Waals surface area contributed by atoms with Crippen LogP contribution in [0.15, 0.2) is 0 Å². The molecule has 0 aromatic carbocycles. The average Bonchev–Trinajstić information content (AvgIpc) is 2.57. The summed E-state index contributed by atoms with van der Waals surface area (Å²) in [6.07, 6.45) is -4.45. The second-order valence-corrected chi connectivity index (χ2v) is 3.79. The van der Waals surface area contributed by atoms with Crippen molar-refractivity contribution in [3.63, 3.8) is 0 Å². The predicted molar refractivity (Wildman–Crippen MR) is 48.7 cm³/mol. The molecule has 8 heteroatoms. The maximum Gasteiger partial charge on any atom is 0.411 e. The fraction of sp³-hybridized carbons (Fsp3) is 0.750. The van der Waals surface area contributed by atoms with E-state index in [-0.39, 0.29) is 24.2 Å². The number of aliphatic hydroxyl groups is 1. The molecule has 0 bridgehead atoms. The molecule has 2 heterocycles. The standard InChI is InChI=1S/C8H11F3N4O/c1-4-2-5(8(9,10)11)15-7(12-4)13-6(3-16)14-15/h4-5,16H,2-3H2,1H3,(H,12,13,14). The van der Waals surface area contributed by atoms with Crippen LogP contribution >= 0.6 is 0 Å². The van der Waals surface area contributed by atoms with Crippen LogP contribution in [-0.2, 0) is 6.61 Å². The highest BCUT2D eigenvalue weighted by molar-refractivity contribution is 5.30. The first-order valence-electron chi connectivity index (χ1n) is 4.81. The van der Waals surface area contributed by atoms with E-state index in [9.17, 15) is 13.2 Å². The summed E-state index contributed by atoms with van der Waals surface area (Å²) in [5, 5.41) is 15.2. The molecule has 0 radical (unpaired) electrons. The zero-order valence-corrected chi connectivity index (χ0v) is 8.49. The van der Waals surface area contributed by atoms with Gasteiger partial charge in [0.2, 0.25) is 5.95 Å². The smallest absolute Gasteiger partial charge is 0.388 e. The van der Waals surface area contributed by atoms with Gasteiger partial charge in [0.05, 0.1) is 0 Å². The molecule has 2 atom stereocenters. The van der Waals surface area contributed by atoms with Crippen molar-refractivity contribution in [2.45, 2.75) is 38.2 Å². The lowest BCUT2D eigenvalue weighted by Crippen LogP contribution is -2.38. The van der Waals surface area contributed by atoms with Gasteiger partial charge in [-0.3, -0.25) is 0 Å². The van der Waals surface area contributed by atoms with Gasteiger partial charge < -0.3 is 10.4 Å². The van der Waals surface area contributed by atoms with Crippen LogP contribution in [-0.4, -0.2) is 32.1 Å². The Hall–Kier alpha value is -1.31. The number of nitrogens with one attached hydrogen (secondary N) is 1. The Kier molecular flexibility index (Phi) is 2.53. The van der Waals surface area contributed by atoms with Gasteiger partial charge in [0.1, 0.15) is 6.61 Å². The van der Waals surface area contributed by atoms with Crippen LogP contribution in [0.4, 0.5) is 19.1 Å². The number of anilines is 1. The molecule has 1 aliphatic rings. The fourth-order valence-corrected chi connectivity index (χ4v) is 1.74. The van der Waals surface area contributed by atoms with Crippen LogP contribution in [0, 0.1) is 0 Å². The Morgan fingerprint density at radius 1 is 1.56 bits per heavy atom. The molecule has 90 valence electrons. The number of rotatable bonds is 1. The molecule has 0 amide bonds. The van der Waals surface area contributed by atoms with Crippen LogP contribution in [0.3, 0.4) is 0 Å². The van der Waals surface area contributed by atoms with Crippen LogP contribution in [0.25, 0.3) is 0 Å². The first-order valence-corrected chi connectivity index (χ1v) is 4.81. The largest absolute Gasteiger partial charge is 0.411 e. The van der Waals surface area contributed by atoms with E-state index in [1.54, 1.807) is 6.92 Å². The van der Waals surface area contributed by atoms with E-state index < -0.39 is 18.8 Å². The summed E-state index contributed by atoms with van der Waals surface area (Å²) in [5.41, 5.74) is 0.